The summed E-state index contributed by atoms with van der Waals surface area (Å²) in [6.45, 7) is 0.371. The third kappa shape index (κ3) is 3.42. The number of methoxy groups -OCH3 is 1. The van der Waals surface area contributed by atoms with Gasteiger partial charge in [-0.25, -0.2) is 8.42 Å². The van der Waals surface area contributed by atoms with Crippen LogP contribution in [0.15, 0.2) is 24.4 Å². The van der Waals surface area contributed by atoms with Crippen molar-refractivity contribution in [1.29, 1.82) is 0 Å². The standard InChI is InChI=1S/C15H17ClN4O4S/c1-19-9-11(15(18-19)24-2)14(21)17-10-4-5-12(16)13(8-10)20-6-3-7-25(20,22)23/h4-5,8-9H,3,6-7H2,1-2H3,(H,17,21). The Kier molecular flexibility index (Phi) is 4.61. The van der Waals surface area contributed by atoms with Gasteiger partial charge in [0.05, 0.1) is 23.6 Å². The third-order valence-corrected chi connectivity index (χ3v) is 5.98. The highest BCUT2D eigenvalue weighted by Crippen LogP contribution is 2.33. The fraction of sp³-hybridized carbons (Fsp3) is 0.333. The third-order valence-electron chi connectivity index (χ3n) is 3.80. The van der Waals surface area contributed by atoms with Crippen molar-refractivity contribution in [3.05, 3.63) is 35.0 Å². The average Bonchev–Trinajstić information content (AvgIpc) is 3.11. The summed E-state index contributed by atoms with van der Waals surface area (Å²) in [4.78, 5) is 12.4. The predicted molar refractivity (Wildman–Crippen MR) is 94.9 cm³/mol. The van der Waals surface area contributed by atoms with E-state index in [2.05, 4.69) is 10.4 Å². The second-order valence-electron chi connectivity index (χ2n) is 5.59. The fourth-order valence-corrected chi connectivity index (χ4v) is 4.51. The van der Waals surface area contributed by atoms with Crippen LogP contribution in [0.4, 0.5) is 11.4 Å². The number of hydrogen-bond donors (Lipinski definition) is 1. The van der Waals surface area contributed by atoms with Crippen LogP contribution in [0.1, 0.15) is 16.8 Å². The SMILES string of the molecule is COc1nn(C)cc1C(=O)Nc1ccc(Cl)c(N2CCCS2(=O)=O)c1. The molecule has 0 unspecified atom stereocenters. The van der Waals surface area contributed by atoms with Crippen molar-refractivity contribution in [3.63, 3.8) is 0 Å². The maximum absolute atomic E-state index is 12.4. The molecule has 0 saturated carbocycles. The molecule has 1 saturated heterocycles. The number of nitrogens with zero attached hydrogens (tertiary/aromatic N) is 3. The Morgan fingerprint density at radius 2 is 2.16 bits per heavy atom. The van der Waals surface area contributed by atoms with E-state index >= 15 is 0 Å². The number of halogens is 1. The van der Waals surface area contributed by atoms with Crippen molar-refractivity contribution in [2.24, 2.45) is 7.05 Å². The lowest BCUT2D eigenvalue weighted by molar-refractivity contribution is 0.102. The molecule has 0 atom stereocenters. The summed E-state index contributed by atoms with van der Waals surface area (Å²) in [5.41, 5.74) is 1.06. The van der Waals surface area contributed by atoms with Crippen LogP contribution in [-0.4, -0.2) is 43.5 Å². The summed E-state index contributed by atoms with van der Waals surface area (Å²) in [6.07, 6.45) is 2.08. The van der Waals surface area contributed by atoms with Gasteiger partial charge in [-0.1, -0.05) is 11.6 Å². The summed E-state index contributed by atoms with van der Waals surface area (Å²) in [6, 6.07) is 4.71. The zero-order valence-electron chi connectivity index (χ0n) is 13.7. The second-order valence-corrected chi connectivity index (χ2v) is 8.01. The van der Waals surface area contributed by atoms with Gasteiger partial charge in [-0.2, -0.15) is 0 Å². The highest BCUT2D eigenvalue weighted by atomic mass is 35.5. The van der Waals surface area contributed by atoms with E-state index in [-0.39, 0.29) is 17.2 Å². The number of carbonyl (C=O) groups excluding carboxylic acids is 1. The number of benzene rings is 1. The Balaban J connectivity index is 1.89. The van der Waals surface area contributed by atoms with Crippen molar-refractivity contribution in [1.82, 2.24) is 9.78 Å². The maximum atomic E-state index is 12.4. The number of amides is 1. The molecule has 2 aromatic rings. The number of sulfonamides is 1. The van der Waals surface area contributed by atoms with Gasteiger partial charge in [-0.3, -0.25) is 13.8 Å². The Labute approximate surface area is 150 Å². The molecule has 1 fully saturated rings. The van der Waals surface area contributed by atoms with Gasteiger partial charge in [0.1, 0.15) is 5.56 Å². The number of aromatic nitrogens is 2. The van der Waals surface area contributed by atoms with Gasteiger partial charge in [0.2, 0.25) is 15.9 Å². The van der Waals surface area contributed by atoms with Crippen molar-refractivity contribution < 1.29 is 17.9 Å². The molecule has 2 heterocycles. The number of nitrogens with one attached hydrogen (secondary N) is 1. The highest BCUT2D eigenvalue weighted by molar-refractivity contribution is 7.93. The quantitative estimate of drug-likeness (QED) is 0.868. The van der Waals surface area contributed by atoms with Crippen molar-refractivity contribution >= 4 is 38.9 Å². The van der Waals surface area contributed by atoms with E-state index in [1.165, 1.54) is 22.3 Å². The minimum Gasteiger partial charge on any atom is -0.479 e. The summed E-state index contributed by atoms with van der Waals surface area (Å²) < 4.78 is 32.0. The van der Waals surface area contributed by atoms with E-state index in [1.807, 2.05) is 0 Å². The van der Waals surface area contributed by atoms with Crippen LogP contribution in [0, 0.1) is 0 Å². The first-order chi connectivity index (χ1) is 11.8. The lowest BCUT2D eigenvalue weighted by Crippen LogP contribution is -2.25. The smallest absolute Gasteiger partial charge is 0.262 e. The van der Waals surface area contributed by atoms with Gasteiger partial charge in [0.15, 0.2) is 0 Å². The Morgan fingerprint density at radius 1 is 1.40 bits per heavy atom. The largest absolute Gasteiger partial charge is 0.479 e. The highest BCUT2D eigenvalue weighted by Gasteiger charge is 2.30. The minimum atomic E-state index is -3.36. The summed E-state index contributed by atoms with van der Waals surface area (Å²) >= 11 is 6.16. The first-order valence-corrected chi connectivity index (χ1v) is 9.49. The van der Waals surface area contributed by atoms with Crippen LogP contribution in [0.2, 0.25) is 5.02 Å². The van der Waals surface area contributed by atoms with Crippen LogP contribution >= 0.6 is 11.6 Å². The molecule has 8 nitrogen and oxygen atoms in total. The molecule has 1 amide bonds. The average molecular weight is 385 g/mol. The molecule has 1 N–H and O–H groups in total. The second kappa shape index (κ2) is 6.57. The van der Waals surface area contributed by atoms with Crippen LogP contribution in [0.5, 0.6) is 5.88 Å². The van der Waals surface area contributed by atoms with Crippen LogP contribution in [0.3, 0.4) is 0 Å². The lowest BCUT2D eigenvalue weighted by atomic mass is 10.2. The molecule has 1 aliphatic rings. The number of anilines is 2. The van der Waals surface area contributed by atoms with E-state index in [0.29, 0.717) is 29.4 Å². The molecule has 1 aliphatic heterocycles. The van der Waals surface area contributed by atoms with Crippen LogP contribution in [-0.2, 0) is 17.1 Å². The molecule has 0 aliphatic carbocycles. The molecule has 3 rings (SSSR count). The van der Waals surface area contributed by atoms with Gasteiger partial charge in [-0.05, 0) is 24.6 Å². The number of aryl methyl sites for hydroxylation is 1. The van der Waals surface area contributed by atoms with E-state index in [9.17, 15) is 13.2 Å². The van der Waals surface area contributed by atoms with E-state index in [1.54, 1.807) is 25.2 Å². The topological polar surface area (TPSA) is 93.5 Å². The summed E-state index contributed by atoms with van der Waals surface area (Å²) in [7, 11) is -0.258. The molecular weight excluding hydrogens is 368 g/mol. The molecule has 1 aromatic carbocycles. The molecule has 1 aromatic heterocycles. The maximum Gasteiger partial charge on any atom is 0.262 e. The van der Waals surface area contributed by atoms with Crippen LogP contribution in [0.25, 0.3) is 0 Å². The number of hydrogen-bond acceptors (Lipinski definition) is 5. The van der Waals surface area contributed by atoms with Crippen molar-refractivity contribution in [3.8, 4) is 5.88 Å². The first kappa shape index (κ1) is 17.6. The predicted octanol–water partition coefficient (Wildman–Crippen LogP) is 1.87. The molecule has 0 bridgehead atoms. The van der Waals surface area contributed by atoms with Crippen molar-refractivity contribution in [2.45, 2.75) is 6.42 Å². The molecule has 0 spiro atoms. The Hall–Kier alpha value is -2.26. The zero-order chi connectivity index (χ0) is 18.2. The van der Waals surface area contributed by atoms with Gasteiger partial charge < -0.3 is 10.1 Å². The van der Waals surface area contributed by atoms with Gasteiger partial charge in [0.25, 0.3) is 5.91 Å². The molecule has 25 heavy (non-hydrogen) atoms. The number of rotatable bonds is 4. The minimum absolute atomic E-state index is 0.0901. The number of carbonyl (C=O) groups is 1. The lowest BCUT2D eigenvalue weighted by Gasteiger charge is -2.19. The summed E-state index contributed by atoms with van der Waals surface area (Å²) in [5, 5.41) is 7.05. The number of ether oxygens (including phenoxy) is 1. The van der Waals surface area contributed by atoms with E-state index in [4.69, 9.17) is 16.3 Å². The first-order valence-electron chi connectivity index (χ1n) is 7.51. The van der Waals surface area contributed by atoms with Gasteiger partial charge >= 0.3 is 0 Å². The molecular formula is C15H17ClN4O4S. The molecule has 0 radical (unpaired) electrons. The zero-order valence-corrected chi connectivity index (χ0v) is 15.3. The molecule has 10 heteroatoms. The van der Waals surface area contributed by atoms with Crippen LogP contribution < -0.4 is 14.4 Å². The summed E-state index contributed by atoms with van der Waals surface area (Å²) in [5.74, 6) is -0.119. The van der Waals surface area contributed by atoms with E-state index < -0.39 is 15.9 Å². The molecule has 134 valence electrons. The Morgan fingerprint density at radius 3 is 2.80 bits per heavy atom. The fourth-order valence-electron chi connectivity index (χ4n) is 2.66. The van der Waals surface area contributed by atoms with E-state index in [0.717, 1.165) is 0 Å². The monoisotopic (exact) mass is 384 g/mol. The van der Waals surface area contributed by atoms with Crippen molar-refractivity contribution in [2.75, 3.05) is 29.0 Å². The van der Waals surface area contributed by atoms with Gasteiger partial charge in [-0.15, -0.1) is 5.10 Å². The van der Waals surface area contributed by atoms with Gasteiger partial charge in [0, 0.05) is 25.5 Å². The Bertz CT molecular complexity index is 926. The normalized spacial score (nSPS) is 16.0.